The highest BCUT2D eigenvalue weighted by Crippen LogP contribution is 2.39. The zero-order valence-corrected chi connectivity index (χ0v) is 15.3. The molecule has 3 fully saturated rings. The van der Waals surface area contributed by atoms with E-state index in [-0.39, 0.29) is 11.8 Å². The molecule has 5 nitrogen and oxygen atoms in total. The van der Waals surface area contributed by atoms with E-state index in [1.54, 1.807) is 0 Å². The average Bonchev–Trinajstić information content (AvgIpc) is 2.62. The van der Waals surface area contributed by atoms with E-state index in [4.69, 9.17) is 0 Å². The van der Waals surface area contributed by atoms with Crippen molar-refractivity contribution in [3.63, 3.8) is 0 Å². The van der Waals surface area contributed by atoms with Crippen molar-refractivity contribution >= 4 is 17.8 Å². The number of rotatable bonds is 6. The van der Waals surface area contributed by atoms with Crippen molar-refractivity contribution in [3.8, 4) is 0 Å². The van der Waals surface area contributed by atoms with Crippen molar-refractivity contribution in [1.29, 1.82) is 0 Å². The van der Waals surface area contributed by atoms with Crippen LogP contribution in [0.2, 0.25) is 0 Å². The minimum atomic E-state index is -1.04. The Kier molecular flexibility index (Phi) is 6.13. The van der Waals surface area contributed by atoms with Crippen LogP contribution in [0.3, 0.4) is 0 Å². The number of imide groups is 2. The van der Waals surface area contributed by atoms with Gasteiger partial charge in [-0.15, -0.1) is 0 Å². The quantitative estimate of drug-likeness (QED) is 0.711. The van der Waals surface area contributed by atoms with Crippen LogP contribution in [0.25, 0.3) is 0 Å². The lowest BCUT2D eigenvalue weighted by Crippen LogP contribution is -2.62. The topological polar surface area (TPSA) is 75.3 Å². The van der Waals surface area contributed by atoms with Crippen LogP contribution in [0.15, 0.2) is 0 Å². The van der Waals surface area contributed by atoms with Crippen LogP contribution < -0.4 is 10.6 Å². The molecule has 140 valence electrons. The summed E-state index contributed by atoms with van der Waals surface area (Å²) in [4.78, 5) is 36.9. The summed E-state index contributed by atoms with van der Waals surface area (Å²) in [7, 11) is 0. The first-order chi connectivity index (χ1) is 12.1. The molecule has 0 bridgehead atoms. The zero-order chi connectivity index (χ0) is 17.7. The predicted octanol–water partition coefficient (Wildman–Crippen LogP) is 4.06. The van der Waals surface area contributed by atoms with Gasteiger partial charge in [0.25, 0.3) is 0 Å². The van der Waals surface area contributed by atoms with Gasteiger partial charge in [0.05, 0.1) is 0 Å². The van der Waals surface area contributed by atoms with Gasteiger partial charge in [-0.2, -0.15) is 0 Å². The van der Waals surface area contributed by atoms with Crippen LogP contribution in [-0.2, 0) is 9.59 Å². The standard InChI is InChI=1S/C20H32N2O3/c23-17-20(18(24)22-19(25)21-17,13-11-15-7-3-1-4-8-15)14-12-16-9-5-2-6-10-16/h15-16H,1-14H2,(H2,21,22,23,24,25). The molecule has 25 heavy (non-hydrogen) atoms. The van der Waals surface area contributed by atoms with Gasteiger partial charge in [-0.3, -0.25) is 20.2 Å². The minimum Gasteiger partial charge on any atom is -0.277 e. The number of barbiturate groups is 1. The van der Waals surface area contributed by atoms with Gasteiger partial charge in [0.2, 0.25) is 11.8 Å². The first kappa shape index (κ1) is 18.4. The molecular formula is C20H32N2O3. The van der Waals surface area contributed by atoms with Gasteiger partial charge in [0, 0.05) is 0 Å². The number of amides is 4. The molecule has 0 unspecified atom stereocenters. The molecule has 0 aromatic rings. The molecule has 3 aliphatic rings. The summed E-state index contributed by atoms with van der Waals surface area (Å²) in [6.07, 6.45) is 15.5. The summed E-state index contributed by atoms with van der Waals surface area (Å²) in [6, 6.07) is -0.666. The van der Waals surface area contributed by atoms with E-state index >= 15 is 0 Å². The smallest absolute Gasteiger partial charge is 0.277 e. The molecular weight excluding hydrogens is 316 g/mol. The number of carbonyl (C=O) groups is 3. The van der Waals surface area contributed by atoms with Crippen molar-refractivity contribution < 1.29 is 14.4 Å². The number of carbonyl (C=O) groups excluding carboxylic acids is 3. The van der Waals surface area contributed by atoms with Gasteiger partial charge in [-0.25, -0.2) is 4.79 Å². The summed E-state index contributed by atoms with van der Waals surface area (Å²) in [5.74, 6) is 0.512. The van der Waals surface area contributed by atoms with Gasteiger partial charge >= 0.3 is 6.03 Å². The van der Waals surface area contributed by atoms with Crippen LogP contribution in [-0.4, -0.2) is 17.8 Å². The maximum Gasteiger partial charge on any atom is 0.328 e. The van der Waals surface area contributed by atoms with Gasteiger partial charge < -0.3 is 0 Å². The highest BCUT2D eigenvalue weighted by molar-refractivity contribution is 6.19. The Labute approximate surface area is 150 Å². The molecule has 0 aromatic heterocycles. The molecule has 1 saturated heterocycles. The lowest BCUT2D eigenvalue weighted by molar-refractivity contribution is -0.146. The maximum atomic E-state index is 12.7. The first-order valence-corrected chi connectivity index (χ1v) is 10.3. The van der Waals surface area contributed by atoms with Crippen LogP contribution >= 0.6 is 0 Å². The summed E-state index contributed by atoms with van der Waals surface area (Å²) in [5, 5.41) is 4.73. The lowest BCUT2D eigenvalue weighted by Gasteiger charge is -2.36. The van der Waals surface area contributed by atoms with Gasteiger partial charge in [-0.05, 0) is 37.5 Å². The average molecular weight is 348 g/mol. The third-order valence-electron chi connectivity index (χ3n) is 6.73. The van der Waals surface area contributed by atoms with E-state index in [0.717, 1.165) is 12.8 Å². The van der Waals surface area contributed by atoms with Crippen molar-refractivity contribution in [2.24, 2.45) is 17.3 Å². The fourth-order valence-electron chi connectivity index (χ4n) is 5.01. The summed E-state index contributed by atoms with van der Waals surface area (Å²) in [6.45, 7) is 0. The number of urea groups is 1. The summed E-state index contributed by atoms with van der Waals surface area (Å²) in [5.41, 5.74) is -1.04. The zero-order valence-electron chi connectivity index (χ0n) is 15.3. The van der Waals surface area contributed by atoms with Crippen LogP contribution in [0.1, 0.15) is 89.9 Å². The van der Waals surface area contributed by atoms with E-state index in [1.165, 1.54) is 64.2 Å². The Morgan fingerprint density at radius 3 is 1.48 bits per heavy atom. The number of hydrogen-bond acceptors (Lipinski definition) is 3. The van der Waals surface area contributed by atoms with Gasteiger partial charge in [-0.1, -0.05) is 64.2 Å². The molecule has 0 radical (unpaired) electrons. The Bertz CT molecular complexity index is 461. The predicted molar refractivity (Wildman–Crippen MR) is 95.7 cm³/mol. The van der Waals surface area contributed by atoms with E-state index in [1.807, 2.05) is 0 Å². The van der Waals surface area contributed by atoms with E-state index in [2.05, 4.69) is 10.6 Å². The largest absolute Gasteiger partial charge is 0.328 e. The number of nitrogens with one attached hydrogen (secondary N) is 2. The molecule has 2 aliphatic carbocycles. The second-order valence-electron chi connectivity index (χ2n) is 8.40. The monoisotopic (exact) mass is 348 g/mol. The Hall–Kier alpha value is -1.39. The van der Waals surface area contributed by atoms with Crippen molar-refractivity contribution in [2.45, 2.75) is 89.9 Å². The fraction of sp³-hybridized carbons (Fsp3) is 0.850. The minimum absolute atomic E-state index is 0.368. The van der Waals surface area contributed by atoms with Gasteiger partial charge in [0.15, 0.2) is 0 Å². The molecule has 2 saturated carbocycles. The SMILES string of the molecule is O=C1NC(=O)C(CCC2CCCCC2)(CCC2CCCCC2)C(=O)N1. The fourth-order valence-corrected chi connectivity index (χ4v) is 5.01. The van der Waals surface area contributed by atoms with Crippen molar-refractivity contribution in [3.05, 3.63) is 0 Å². The summed E-state index contributed by atoms with van der Waals surface area (Å²) < 4.78 is 0. The van der Waals surface area contributed by atoms with E-state index in [0.29, 0.717) is 24.7 Å². The second-order valence-corrected chi connectivity index (χ2v) is 8.40. The highest BCUT2D eigenvalue weighted by Gasteiger charge is 2.49. The third-order valence-corrected chi connectivity index (χ3v) is 6.73. The van der Waals surface area contributed by atoms with Crippen LogP contribution in [0.4, 0.5) is 4.79 Å². The molecule has 1 heterocycles. The molecule has 4 amide bonds. The second kappa shape index (κ2) is 8.33. The first-order valence-electron chi connectivity index (χ1n) is 10.3. The van der Waals surface area contributed by atoms with Crippen molar-refractivity contribution in [1.82, 2.24) is 10.6 Å². The molecule has 2 N–H and O–H groups in total. The van der Waals surface area contributed by atoms with E-state index < -0.39 is 11.4 Å². The van der Waals surface area contributed by atoms with Gasteiger partial charge in [0.1, 0.15) is 5.41 Å². The molecule has 3 rings (SSSR count). The molecule has 0 aromatic carbocycles. The Morgan fingerprint density at radius 1 is 0.680 bits per heavy atom. The molecule has 0 atom stereocenters. The Morgan fingerprint density at radius 2 is 1.08 bits per heavy atom. The van der Waals surface area contributed by atoms with Crippen LogP contribution in [0, 0.1) is 17.3 Å². The summed E-state index contributed by atoms with van der Waals surface area (Å²) >= 11 is 0. The Balaban J connectivity index is 1.66. The highest BCUT2D eigenvalue weighted by atomic mass is 16.2. The molecule has 5 heteroatoms. The third kappa shape index (κ3) is 4.42. The normalized spacial score (nSPS) is 25.5. The number of hydrogen-bond donors (Lipinski definition) is 2. The van der Waals surface area contributed by atoms with E-state index in [9.17, 15) is 14.4 Å². The molecule has 1 aliphatic heterocycles. The van der Waals surface area contributed by atoms with Crippen LogP contribution in [0.5, 0.6) is 0 Å². The molecule has 0 spiro atoms. The lowest BCUT2D eigenvalue weighted by atomic mass is 9.71. The maximum absolute atomic E-state index is 12.7. The van der Waals surface area contributed by atoms with Crippen molar-refractivity contribution in [2.75, 3.05) is 0 Å².